The molecule has 0 aromatic heterocycles. The number of carbonyl (C=O) groups is 2. The molecule has 10 heteroatoms. The fourth-order valence-electron chi connectivity index (χ4n) is 7.68. The molecule has 0 aromatic rings. The number of esters is 1. The summed E-state index contributed by atoms with van der Waals surface area (Å²) in [6, 6.07) is -0.883. The molecule has 3 atom stereocenters. The Labute approximate surface area is 390 Å². The molecule has 0 spiro atoms. The average Bonchev–Trinajstić information content (AvgIpc) is 3.23. The normalized spacial score (nSPS) is 14.1. The number of amides is 1. The maximum Gasteiger partial charge on any atom is 0.306 e. The van der Waals surface area contributed by atoms with Gasteiger partial charge in [0.05, 0.1) is 33.8 Å². The highest BCUT2D eigenvalue weighted by molar-refractivity contribution is 7.45. The van der Waals surface area contributed by atoms with Gasteiger partial charge in [-0.05, 0) is 51.0 Å². The van der Waals surface area contributed by atoms with Gasteiger partial charge in [-0.1, -0.05) is 212 Å². The van der Waals surface area contributed by atoms with Gasteiger partial charge in [0.25, 0.3) is 7.82 Å². The number of ether oxygens (including phenoxy) is 1. The summed E-state index contributed by atoms with van der Waals surface area (Å²) in [7, 11) is 1.19. The van der Waals surface area contributed by atoms with Crippen LogP contribution in [0.2, 0.25) is 0 Å². The van der Waals surface area contributed by atoms with Gasteiger partial charge in [0.1, 0.15) is 19.3 Å². The molecular formula is C53H103N2O7P. The third kappa shape index (κ3) is 45.4. The van der Waals surface area contributed by atoms with E-state index in [4.69, 9.17) is 13.8 Å². The zero-order valence-electron chi connectivity index (χ0n) is 42.3. The van der Waals surface area contributed by atoms with Gasteiger partial charge < -0.3 is 28.5 Å². The Morgan fingerprint density at radius 1 is 0.540 bits per heavy atom. The minimum atomic E-state index is -4.68. The first-order valence-electron chi connectivity index (χ1n) is 26.6. The van der Waals surface area contributed by atoms with Gasteiger partial charge in [0.15, 0.2) is 0 Å². The number of carbonyl (C=O) groups excluding carboxylic acids is 2. The number of allylic oxidation sites excluding steroid dienone is 3. The van der Waals surface area contributed by atoms with Crippen LogP contribution in [-0.4, -0.2) is 69.4 Å². The smallest absolute Gasteiger partial charge is 0.306 e. The molecule has 0 fully saturated rings. The van der Waals surface area contributed by atoms with E-state index in [0.29, 0.717) is 17.4 Å². The van der Waals surface area contributed by atoms with E-state index < -0.39 is 20.0 Å². The number of unbranched alkanes of at least 4 members (excludes halogenated alkanes) is 30. The third-order valence-electron chi connectivity index (χ3n) is 11.9. The standard InChI is InChI=1S/C53H103N2O7P/c1-7-10-13-16-19-22-25-27-28-31-33-36-39-42-45-52(56)54-50(49-61-63(58,59)60-48-47-55(4,5)6)51(44-41-38-35-32-30-26-23-20-17-14-11-8-2)62-53(57)46-43-40-37-34-29-24-21-18-15-12-9-3/h18,21,41,44,50-51H,7-17,19-20,22-40,42-43,45-49H2,1-6H3,(H-,54,56,58,59)/b21-18-,44-41+. The van der Waals surface area contributed by atoms with Crippen LogP contribution in [-0.2, 0) is 27.9 Å². The Kier molecular flexibility index (Phi) is 43.3. The Balaban J connectivity index is 5.40. The Morgan fingerprint density at radius 2 is 0.937 bits per heavy atom. The first kappa shape index (κ1) is 61.5. The molecule has 1 amide bonds. The van der Waals surface area contributed by atoms with Gasteiger partial charge in [0, 0.05) is 12.8 Å². The highest BCUT2D eigenvalue weighted by atomic mass is 31.2. The summed E-state index contributed by atoms with van der Waals surface area (Å²) in [4.78, 5) is 39.6. The lowest BCUT2D eigenvalue weighted by Crippen LogP contribution is -2.47. The molecule has 63 heavy (non-hydrogen) atoms. The fraction of sp³-hybridized carbons (Fsp3) is 0.887. The Bertz CT molecular complexity index is 1140. The molecule has 1 N–H and O–H groups in total. The number of likely N-dealkylation sites (N-methyl/N-ethyl adjacent to an activating group) is 1. The molecule has 9 nitrogen and oxygen atoms in total. The van der Waals surface area contributed by atoms with Crippen LogP contribution in [0.3, 0.4) is 0 Å². The molecule has 0 rings (SSSR count). The van der Waals surface area contributed by atoms with E-state index in [0.717, 1.165) is 83.5 Å². The van der Waals surface area contributed by atoms with Crippen LogP contribution in [0.25, 0.3) is 0 Å². The predicted octanol–water partition coefficient (Wildman–Crippen LogP) is 14.8. The van der Waals surface area contributed by atoms with Crippen molar-refractivity contribution in [1.29, 1.82) is 0 Å². The van der Waals surface area contributed by atoms with Crippen molar-refractivity contribution >= 4 is 19.7 Å². The van der Waals surface area contributed by atoms with Gasteiger partial charge >= 0.3 is 5.97 Å². The van der Waals surface area contributed by atoms with E-state index in [1.54, 1.807) is 0 Å². The van der Waals surface area contributed by atoms with Gasteiger partial charge in [-0.2, -0.15) is 0 Å². The van der Waals surface area contributed by atoms with Crippen molar-refractivity contribution in [2.24, 2.45) is 0 Å². The largest absolute Gasteiger partial charge is 0.756 e. The van der Waals surface area contributed by atoms with Crippen LogP contribution in [0, 0.1) is 0 Å². The third-order valence-corrected chi connectivity index (χ3v) is 12.8. The lowest BCUT2D eigenvalue weighted by Gasteiger charge is -2.30. The molecule has 0 bridgehead atoms. The van der Waals surface area contributed by atoms with E-state index >= 15 is 0 Å². The minimum absolute atomic E-state index is 0.0206. The van der Waals surface area contributed by atoms with Crippen LogP contribution < -0.4 is 10.2 Å². The maximum atomic E-state index is 13.4. The lowest BCUT2D eigenvalue weighted by molar-refractivity contribution is -0.870. The quantitative estimate of drug-likeness (QED) is 0.0213. The fourth-order valence-corrected chi connectivity index (χ4v) is 8.40. The molecule has 0 saturated heterocycles. The maximum absolute atomic E-state index is 13.4. The highest BCUT2D eigenvalue weighted by Crippen LogP contribution is 2.38. The summed E-state index contributed by atoms with van der Waals surface area (Å²) in [5.41, 5.74) is 0. The topological polar surface area (TPSA) is 114 Å². The zero-order chi connectivity index (χ0) is 46.5. The second-order valence-corrected chi connectivity index (χ2v) is 20.8. The zero-order valence-corrected chi connectivity index (χ0v) is 43.2. The van der Waals surface area contributed by atoms with Crippen molar-refractivity contribution in [1.82, 2.24) is 5.32 Å². The second-order valence-electron chi connectivity index (χ2n) is 19.4. The summed E-state index contributed by atoms with van der Waals surface area (Å²) >= 11 is 0. The van der Waals surface area contributed by atoms with Crippen molar-refractivity contribution in [2.45, 2.75) is 264 Å². The number of phosphoric ester groups is 1. The lowest BCUT2D eigenvalue weighted by atomic mass is 10.0. The first-order chi connectivity index (χ1) is 30.4. The van der Waals surface area contributed by atoms with Crippen LogP contribution in [0.1, 0.15) is 252 Å². The molecule has 0 aliphatic heterocycles. The van der Waals surface area contributed by atoms with E-state index in [1.807, 2.05) is 33.3 Å². The van der Waals surface area contributed by atoms with Crippen molar-refractivity contribution in [3.05, 3.63) is 24.3 Å². The van der Waals surface area contributed by atoms with Crippen LogP contribution in [0.4, 0.5) is 0 Å². The number of hydrogen-bond donors (Lipinski definition) is 1. The summed E-state index contributed by atoms with van der Waals surface area (Å²) in [6.45, 7) is 6.80. The van der Waals surface area contributed by atoms with Crippen LogP contribution >= 0.6 is 7.82 Å². The number of phosphoric acid groups is 1. The highest BCUT2D eigenvalue weighted by Gasteiger charge is 2.27. The van der Waals surface area contributed by atoms with Gasteiger partial charge in [0.2, 0.25) is 5.91 Å². The molecule has 0 saturated carbocycles. The summed E-state index contributed by atoms with van der Waals surface area (Å²) in [6.07, 6.45) is 48.5. The van der Waals surface area contributed by atoms with Crippen LogP contribution in [0.5, 0.6) is 0 Å². The Hall–Kier alpha value is -1.51. The first-order valence-corrected chi connectivity index (χ1v) is 28.1. The van der Waals surface area contributed by atoms with Crippen molar-refractivity contribution in [3.63, 3.8) is 0 Å². The monoisotopic (exact) mass is 911 g/mol. The van der Waals surface area contributed by atoms with Crippen molar-refractivity contribution in [2.75, 3.05) is 40.9 Å². The minimum Gasteiger partial charge on any atom is -0.756 e. The van der Waals surface area contributed by atoms with Gasteiger partial charge in [-0.15, -0.1) is 0 Å². The molecule has 0 radical (unpaired) electrons. The molecular weight excluding hydrogens is 808 g/mol. The van der Waals surface area contributed by atoms with E-state index in [1.165, 1.54) is 135 Å². The second kappa shape index (κ2) is 44.3. The molecule has 0 aromatic carbocycles. The average molecular weight is 911 g/mol. The molecule has 372 valence electrons. The predicted molar refractivity (Wildman–Crippen MR) is 266 cm³/mol. The summed E-state index contributed by atoms with van der Waals surface area (Å²) in [5, 5.41) is 3.01. The van der Waals surface area contributed by atoms with E-state index in [2.05, 4.69) is 38.2 Å². The molecule has 3 unspecified atom stereocenters. The van der Waals surface area contributed by atoms with E-state index in [9.17, 15) is 19.0 Å². The molecule has 0 aliphatic rings. The molecule has 0 aliphatic carbocycles. The number of nitrogens with one attached hydrogen (secondary N) is 1. The van der Waals surface area contributed by atoms with E-state index in [-0.39, 0.29) is 31.5 Å². The number of hydrogen-bond acceptors (Lipinski definition) is 7. The van der Waals surface area contributed by atoms with Crippen molar-refractivity contribution in [3.8, 4) is 0 Å². The SMILES string of the molecule is CCCC/C=C\CCCCCCCC(=O)OC(/C=C/CCCCCCCCCCCC)C(COP(=O)([O-])OCC[N+](C)(C)C)NC(=O)CCCCCCCCCCCCCCCC. The van der Waals surface area contributed by atoms with Gasteiger partial charge in [-0.3, -0.25) is 14.2 Å². The van der Waals surface area contributed by atoms with Gasteiger partial charge in [-0.25, -0.2) is 0 Å². The van der Waals surface area contributed by atoms with Crippen LogP contribution in [0.15, 0.2) is 24.3 Å². The summed E-state index contributed by atoms with van der Waals surface area (Å²) in [5.74, 6) is -0.545. The summed E-state index contributed by atoms with van der Waals surface area (Å²) < 4.78 is 30.1. The molecule has 0 heterocycles. The number of nitrogens with zero attached hydrogens (tertiary/aromatic N) is 1. The van der Waals surface area contributed by atoms with Crippen molar-refractivity contribution < 1.29 is 37.3 Å². The Morgan fingerprint density at radius 3 is 1.40 bits per heavy atom. The number of rotatable bonds is 48. The number of quaternary nitrogens is 1.